The maximum atomic E-state index is 12.8. The monoisotopic (exact) mass is 449 g/mol. The van der Waals surface area contributed by atoms with Crippen LogP contribution in [0.2, 0.25) is 5.02 Å². The summed E-state index contributed by atoms with van der Waals surface area (Å²) in [6.45, 7) is 1.89. The molecule has 0 atom stereocenters. The highest BCUT2D eigenvalue weighted by Crippen LogP contribution is 2.30. The fourth-order valence-corrected chi connectivity index (χ4v) is 5.21. The van der Waals surface area contributed by atoms with Gasteiger partial charge < -0.3 is 9.50 Å². The molecule has 8 heteroatoms. The van der Waals surface area contributed by atoms with Crippen molar-refractivity contribution >= 4 is 39.0 Å². The zero-order valence-corrected chi connectivity index (χ0v) is 18.1. The van der Waals surface area contributed by atoms with Gasteiger partial charge in [0.1, 0.15) is 5.75 Å². The number of amides is 1. The van der Waals surface area contributed by atoms with Crippen LogP contribution < -0.4 is 9.50 Å². The highest BCUT2D eigenvalue weighted by atomic mass is 35.5. The second-order valence-electron chi connectivity index (χ2n) is 6.41. The van der Waals surface area contributed by atoms with E-state index in [0.717, 1.165) is 21.8 Å². The van der Waals surface area contributed by atoms with Gasteiger partial charge in [-0.3, -0.25) is 4.79 Å². The molecule has 29 heavy (non-hydrogen) atoms. The summed E-state index contributed by atoms with van der Waals surface area (Å²) in [5.74, 6) is 0.137. The van der Waals surface area contributed by atoms with E-state index in [4.69, 9.17) is 15.8 Å². The van der Waals surface area contributed by atoms with Crippen LogP contribution >= 0.6 is 22.9 Å². The predicted octanol–water partition coefficient (Wildman–Crippen LogP) is 4.44. The molecule has 1 aromatic heterocycles. The number of hydrogen-bond acceptors (Lipinski definition) is 5. The number of halogens is 1. The van der Waals surface area contributed by atoms with Crippen LogP contribution in [0.3, 0.4) is 0 Å². The van der Waals surface area contributed by atoms with Gasteiger partial charge in [0.05, 0.1) is 0 Å². The van der Waals surface area contributed by atoms with Gasteiger partial charge in [0, 0.05) is 35.4 Å². The van der Waals surface area contributed by atoms with Crippen molar-refractivity contribution in [1.82, 2.24) is 5.32 Å². The minimum Gasteiger partial charge on any atom is -0.378 e. The molecule has 0 saturated carbocycles. The van der Waals surface area contributed by atoms with Crippen molar-refractivity contribution in [3.63, 3.8) is 0 Å². The average Bonchev–Trinajstić information content (AvgIpc) is 3.14. The number of nitrogens with one attached hydrogen (secondary N) is 1. The van der Waals surface area contributed by atoms with Gasteiger partial charge in [-0.15, -0.1) is 11.3 Å². The number of carbonyl (C=O) groups is 1. The van der Waals surface area contributed by atoms with Crippen LogP contribution in [0, 0.1) is 0 Å². The van der Waals surface area contributed by atoms with E-state index in [2.05, 4.69) is 5.32 Å². The fourth-order valence-electron chi connectivity index (χ4n) is 2.73. The van der Waals surface area contributed by atoms with Gasteiger partial charge in [0.2, 0.25) is 5.91 Å². The van der Waals surface area contributed by atoms with Crippen molar-refractivity contribution in [3.8, 4) is 5.75 Å². The van der Waals surface area contributed by atoms with Crippen molar-refractivity contribution < 1.29 is 17.4 Å². The number of rotatable bonds is 8. The fraction of sp³-hybridized carbons (Fsp3) is 0.190. The lowest BCUT2D eigenvalue weighted by atomic mass is 10.0. The molecule has 152 valence electrons. The molecule has 1 heterocycles. The van der Waals surface area contributed by atoms with E-state index >= 15 is 0 Å². The molecule has 0 saturated heterocycles. The molecule has 0 aliphatic heterocycles. The van der Waals surface area contributed by atoms with Crippen molar-refractivity contribution in [3.05, 3.63) is 81.7 Å². The third kappa shape index (κ3) is 6.06. The van der Waals surface area contributed by atoms with Crippen LogP contribution in [0.25, 0.3) is 0 Å². The maximum absolute atomic E-state index is 12.8. The zero-order valence-electron chi connectivity index (χ0n) is 15.7. The Bertz CT molecular complexity index is 1090. The van der Waals surface area contributed by atoms with Gasteiger partial charge >= 0.3 is 10.1 Å². The lowest BCUT2D eigenvalue weighted by Crippen LogP contribution is -2.22. The third-order valence-corrected chi connectivity index (χ3v) is 7.15. The molecule has 0 aliphatic carbocycles. The first-order chi connectivity index (χ1) is 13.8. The van der Waals surface area contributed by atoms with Crippen LogP contribution in [-0.4, -0.2) is 20.9 Å². The van der Waals surface area contributed by atoms with Gasteiger partial charge in [-0.2, -0.15) is 8.42 Å². The zero-order chi connectivity index (χ0) is 20.9. The molecule has 3 rings (SSSR count). The summed E-state index contributed by atoms with van der Waals surface area (Å²) in [4.78, 5) is 11.8. The largest absolute Gasteiger partial charge is 0.378 e. The normalized spacial score (nSPS) is 11.2. The molecule has 1 N–H and O–H groups in total. The number of carbonyl (C=O) groups excluding carboxylic acids is 1. The van der Waals surface area contributed by atoms with Crippen molar-refractivity contribution in [1.29, 1.82) is 0 Å². The number of benzene rings is 2. The minimum atomic E-state index is -3.97. The maximum Gasteiger partial charge on any atom is 0.348 e. The molecule has 2 aromatic carbocycles. The van der Waals surface area contributed by atoms with E-state index in [-0.39, 0.29) is 15.9 Å². The number of hydrogen-bond donors (Lipinski definition) is 1. The van der Waals surface area contributed by atoms with Crippen molar-refractivity contribution in [2.75, 3.05) is 6.54 Å². The molecule has 0 aliphatic rings. The Hall–Kier alpha value is -2.35. The molecule has 3 aromatic rings. The van der Waals surface area contributed by atoms with Crippen molar-refractivity contribution in [2.45, 2.75) is 24.0 Å². The highest BCUT2D eigenvalue weighted by Gasteiger charge is 2.21. The lowest BCUT2D eigenvalue weighted by Gasteiger charge is -2.11. The topological polar surface area (TPSA) is 72.5 Å². The predicted molar refractivity (Wildman–Crippen MR) is 115 cm³/mol. The van der Waals surface area contributed by atoms with Gasteiger partial charge in [-0.1, -0.05) is 41.9 Å². The molecule has 0 spiro atoms. The van der Waals surface area contributed by atoms with E-state index < -0.39 is 10.1 Å². The van der Waals surface area contributed by atoms with Crippen LogP contribution in [0.5, 0.6) is 5.75 Å². The molecule has 0 bridgehead atoms. The number of thiophene rings is 1. The van der Waals surface area contributed by atoms with E-state index in [1.807, 2.05) is 30.3 Å². The van der Waals surface area contributed by atoms with E-state index in [1.165, 1.54) is 13.0 Å². The SMILES string of the molecule is CC(=O)NCCc1ccc(S(=O)(=O)Oc2ccc(Cl)cc2Cc2ccccc2)s1. The van der Waals surface area contributed by atoms with Crippen LogP contribution in [0.1, 0.15) is 22.9 Å². The van der Waals surface area contributed by atoms with Gasteiger partial charge in [0.15, 0.2) is 4.21 Å². The first-order valence-corrected chi connectivity index (χ1v) is 11.5. The Labute approximate surface area is 179 Å². The van der Waals surface area contributed by atoms with Gasteiger partial charge in [-0.25, -0.2) is 0 Å². The van der Waals surface area contributed by atoms with Crippen molar-refractivity contribution in [2.24, 2.45) is 0 Å². The lowest BCUT2D eigenvalue weighted by molar-refractivity contribution is -0.118. The summed E-state index contributed by atoms with van der Waals surface area (Å²) in [5, 5.41) is 3.20. The molecule has 0 unspecified atom stereocenters. The van der Waals surface area contributed by atoms with E-state index in [9.17, 15) is 13.2 Å². The second-order valence-corrected chi connectivity index (χ2v) is 9.78. The molecular weight excluding hydrogens is 430 g/mol. The van der Waals surface area contributed by atoms with Gasteiger partial charge in [0.25, 0.3) is 0 Å². The summed E-state index contributed by atoms with van der Waals surface area (Å²) >= 11 is 7.25. The Morgan fingerprint density at radius 2 is 1.86 bits per heavy atom. The van der Waals surface area contributed by atoms with Crippen LogP contribution in [0.4, 0.5) is 0 Å². The molecule has 1 amide bonds. The van der Waals surface area contributed by atoms with Crippen LogP contribution in [-0.2, 0) is 27.8 Å². The summed E-state index contributed by atoms with van der Waals surface area (Å²) in [5.41, 5.74) is 1.71. The highest BCUT2D eigenvalue weighted by molar-refractivity contribution is 7.89. The summed E-state index contributed by atoms with van der Waals surface area (Å²) in [6.07, 6.45) is 1.05. The molecule has 0 radical (unpaired) electrons. The Morgan fingerprint density at radius 3 is 2.59 bits per heavy atom. The third-order valence-electron chi connectivity index (χ3n) is 4.09. The summed E-state index contributed by atoms with van der Waals surface area (Å²) in [7, 11) is -3.97. The smallest absolute Gasteiger partial charge is 0.348 e. The average molecular weight is 450 g/mol. The second kappa shape index (κ2) is 9.43. The quantitative estimate of drug-likeness (QED) is 0.516. The molecule has 0 fully saturated rings. The van der Waals surface area contributed by atoms with Crippen LogP contribution in [0.15, 0.2) is 64.9 Å². The molecular formula is C21H20ClNO4S2. The minimum absolute atomic E-state index is 0.119. The molecule has 5 nitrogen and oxygen atoms in total. The van der Waals surface area contributed by atoms with E-state index in [1.54, 1.807) is 24.3 Å². The summed E-state index contributed by atoms with van der Waals surface area (Å²) in [6, 6.07) is 17.8. The standard InChI is InChI=1S/C21H20ClNO4S2/c1-15(24)23-12-11-19-8-10-21(28-19)29(25,26)27-20-9-7-18(22)14-17(20)13-16-5-3-2-4-6-16/h2-10,14H,11-13H2,1H3,(H,23,24). The first kappa shape index (κ1) is 21.4. The Morgan fingerprint density at radius 1 is 1.10 bits per heavy atom. The summed E-state index contributed by atoms with van der Waals surface area (Å²) < 4.78 is 31.1. The first-order valence-electron chi connectivity index (χ1n) is 8.93. The Kier molecular flexibility index (Phi) is 6.95. The van der Waals surface area contributed by atoms with E-state index in [0.29, 0.717) is 30.0 Å². The Balaban J connectivity index is 1.78. The van der Waals surface area contributed by atoms with Gasteiger partial charge in [-0.05, 0) is 42.3 Å².